The molecule has 0 aromatic heterocycles. The molecule has 2 aliphatic rings. The Labute approximate surface area is 288 Å². The van der Waals surface area contributed by atoms with E-state index in [0.717, 1.165) is 4.90 Å². The van der Waals surface area contributed by atoms with Crippen LogP contribution in [-0.4, -0.2) is 75.7 Å². The fourth-order valence-corrected chi connectivity index (χ4v) is 45.2. The zero-order valence-electron chi connectivity index (χ0n) is 26.4. The number of aliphatic hydroxyl groups excluding tert-OH is 3. The molecule has 0 saturated carbocycles. The molecule has 8 N–H and O–H groups in total. The molecule has 1 aromatic carbocycles. The number of halogens is 3. The van der Waals surface area contributed by atoms with Crippen molar-refractivity contribution < 1.29 is 51.9 Å². The molecule has 18 heteroatoms. The summed E-state index contributed by atoms with van der Waals surface area (Å²) in [4.78, 5) is 41.5. The van der Waals surface area contributed by atoms with Gasteiger partial charge in [-0.25, -0.2) is 0 Å². The Balaban J connectivity index is 2.18. The first kappa shape index (κ1) is 39.6. The number of amides is 1. The van der Waals surface area contributed by atoms with Crippen LogP contribution in [0.4, 0.5) is 5.69 Å². The summed E-state index contributed by atoms with van der Waals surface area (Å²) in [6, 6.07) is 3.01. The SMILES string of the molecule is C=C/C=C\C=C/I(Nc1ccc2c(c1O)C(=O)I([C@H](O)I1(O)(C(=C)O)C(=O)C(C(N)=O)=C(O)[C@H]1N(C)C)[C@H]2C)P(=O)(OCC)OCC. The average Bonchev–Trinajstić information content (AvgIpc) is 3.35. The predicted octanol–water partition coefficient (Wildman–Crippen LogP) is 5.90. The minimum atomic E-state index is -6.87. The number of aromatic hydroxyl groups is 1. The summed E-state index contributed by atoms with van der Waals surface area (Å²) >= 11 is -13.9. The van der Waals surface area contributed by atoms with E-state index in [4.69, 9.17) is 14.8 Å². The summed E-state index contributed by atoms with van der Waals surface area (Å²) in [6.07, 6.45) is 6.51. The molecule has 1 amide bonds. The number of hydrogen-bond acceptors (Lipinski definition) is 13. The Morgan fingerprint density at radius 1 is 1.21 bits per heavy atom. The molecular formula is C29H41I3N3O11P. The Morgan fingerprint density at radius 2 is 1.81 bits per heavy atom. The van der Waals surface area contributed by atoms with Gasteiger partial charge in [-0.1, -0.05) is 0 Å². The fourth-order valence-electron chi connectivity index (χ4n) is 5.07. The number of benzene rings is 1. The number of fused-ring (bicyclic) bond motifs is 1. The van der Waals surface area contributed by atoms with Crippen molar-refractivity contribution >= 4 is 81.2 Å². The number of carbonyl (C=O) groups is 3. The van der Waals surface area contributed by atoms with Crippen LogP contribution in [0.15, 0.2) is 68.8 Å². The molecule has 0 spiro atoms. The van der Waals surface area contributed by atoms with Gasteiger partial charge in [0.2, 0.25) is 0 Å². The van der Waals surface area contributed by atoms with Gasteiger partial charge in [0.25, 0.3) is 0 Å². The monoisotopic (exact) mass is 1020 g/mol. The average molecular weight is 1020 g/mol. The molecule has 3 atom stereocenters. The van der Waals surface area contributed by atoms with Gasteiger partial charge < -0.3 is 0 Å². The Kier molecular flexibility index (Phi) is 12.6. The zero-order chi connectivity index (χ0) is 35.7. The molecule has 0 unspecified atom stereocenters. The number of alkyl halides is 4. The number of primary amides is 1. The molecule has 0 saturated heterocycles. The van der Waals surface area contributed by atoms with Gasteiger partial charge >= 0.3 is 291 Å². The van der Waals surface area contributed by atoms with Crippen LogP contribution in [0.3, 0.4) is 0 Å². The van der Waals surface area contributed by atoms with Crippen LogP contribution >= 0.6 is 62.1 Å². The van der Waals surface area contributed by atoms with E-state index in [1.54, 1.807) is 49.2 Å². The van der Waals surface area contributed by atoms with Gasteiger partial charge in [0.1, 0.15) is 0 Å². The second-order valence-electron chi connectivity index (χ2n) is 10.1. The number of anilines is 1. The number of nitrogens with one attached hydrogen (secondary N) is 1. The van der Waals surface area contributed by atoms with Gasteiger partial charge in [0, 0.05) is 0 Å². The van der Waals surface area contributed by atoms with E-state index in [2.05, 4.69) is 16.7 Å². The Bertz CT molecular complexity index is 1640. The van der Waals surface area contributed by atoms with Gasteiger partial charge in [-0.3, -0.25) is 0 Å². The number of nitrogens with two attached hydrogens (primary N) is 1. The topological polar surface area (TPSA) is 229 Å². The molecule has 264 valence electrons. The molecular weight excluding hydrogens is 978 g/mol. The number of rotatable bonds is 15. The molecule has 2 heterocycles. The van der Waals surface area contributed by atoms with Crippen molar-refractivity contribution in [2.45, 2.75) is 30.9 Å². The third kappa shape index (κ3) is 6.35. The van der Waals surface area contributed by atoms with E-state index in [1.165, 1.54) is 26.2 Å². The Hall–Kier alpha value is -1.85. The summed E-state index contributed by atoms with van der Waals surface area (Å²) in [5, 5.41) is 41.8. The normalized spacial score (nSPS) is 23.2. The van der Waals surface area contributed by atoms with E-state index < -0.39 is 106 Å². The van der Waals surface area contributed by atoms with Crippen LogP contribution in [-0.2, 0) is 23.2 Å². The van der Waals surface area contributed by atoms with Crippen LogP contribution in [0.1, 0.15) is 40.6 Å². The molecule has 0 bridgehead atoms. The molecule has 0 fully saturated rings. The first-order valence-electron chi connectivity index (χ1n) is 13.9. The fraction of sp³-hybridized carbons (Fsp3) is 0.345. The number of phenolic OH excluding ortho intramolecular Hbond substituents is 1. The maximum atomic E-state index is 14.2. The van der Waals surface area contributed by atoms with Gasteiger partial charge in [-0.2, -0.15) is 0 Å². The number of aliphatic hydroxyl groups is 3. The predicted molar refractivity (Wildman–Crippen MR) is 207 cm³/mol. The maximum absolute atomic E-state index is 14.2. The molecule has 0 aliphatic carbocycles. The van der Waals surface area contributed by atoms with Crippen molar-refractivity contribution in [1.29, 1.82) is 0 Å². The van der Waals surface area contributed by atoms with Crippen LogP contribution < -0.4 is 9.26 Å². The minimum absolute atomic E-state index is 0.0403. The van der Waals surface area contributed by atoms with Crippen LogP contribution in [0.25, 0.3) is 0 Å². The van der Waals surface area contributed by atoms with Crippen LogP contribution in [0, 0.1) is 0 Å². The zero-order valence-corrected chi connectivity index (χ0v) is 33.8. The second-order valence-corrected chi connectivity index (χ2v) is 39.2. The van der Waals surface area contributed by atoms with Gasteiger partial charge in [-0.15, -0.1) is 0 Å². The van der Waals surface area contributed by atoms with Gasteiger partial charge in [-0.05, 0) is 0 Å². The first-order valence-corrected chi connectivity index (χ1v) is 29.7. The van der Waals surface area contributed by atoms with Gasteiger partial charge in [0.15, 0.2) is 0 Å². The quantitative estimate of drug-likeness (QED) is 0.0104. The number of hydrogen-bond donors (Lipinski definition) is 7. The number of nitrogens with zero attached hydrogens (tertiary/aromatic N) is 1. The molecule has 0 radical (unpaired) electrons. The van der Waals surface area contributed by atoms with E-state index in [0.29, 0.717) is 5.56 Å². The number of allylic oxidation sites excluding steroid dienone is 4. The van der Waals surface area contributed by atoms with E-state index in [1.807, 2.05) is 0 Å². The van der Waals surface area contributed by atoms with Crippen LogP contribution in [0.5, 0.6) is 5.75 Å². The third-order valence-electron chi connectivity index (χ3n) is 7.10. The summed E-state index contributed by atoms with van der Waals surface area (Å²) in [7, 11) is 2.69. The first-order chi connectivity index (χ1) is 21.9. The summed E-state index contributed by atoms with van der Waals surface area (Å²) in [5.74, 6) is -2.83. The standard InChI is InChI=1S/C29H41I3N3O11P/c1-8-11-12-13-16-30(47(44,45-9-2)46-10-3)34-20-15-14-19-17(4)31(25(39)21(19)23(20)37)29(42)32(43,18(5)36)26(35(6)7)24(38)22(27(32)40)28(33)41/h8,11-17,26,29,34,36-38,42-43H,1,5,9-10H2,2-4,6-7H3,(H2,33,41)/b12-11-,16-13-/t17-,26+,29-/m0/s1. The van der Waals surface area contributed by atoms with Gasteiger partial charge in [0.05, 0.1) is 0 Å². The molecule has 3 rings (SSSR count). The summed E-state index contributed by atoms with van der Waals surface area (Å²) in [6.45, 7) is 12.1. The van der Waals surface area contributed by atoms with Crippen LogP contribution in [0.2, 0.25) is 0 Å². The van der Waals surface area contributed by atoms with E-state index >= 15 is 0 Å². The molecule has 14 nitrogen and oxygen atoms in total. The number of carbonyl (C=O) groups excluding carboxylic acids is 3. The van der Waals surface area contributed by atoms with Crippen molar-refractivity contribution in [1.82, 2.24) is 4.90 Å². The third-order valence-corrected chi connectivity index (χ3v) is 44.4. The van der Waals surface area contributed by atoms with Crippen molar-refractivity contribution in [2.24, 2.45) is 5.73 Å². The summed E-state index contributed by atoms with van der Waals surface area (Å²) in [5.41, 5.74) is 4.58. The molecule has 2 aliphatic heterocycles. The summed E-state index contributed by atoms with van der Waals surface area (Å²) < 4.78 is 34.2. The van der Waals surface area contributed by atoms with Crippen molar-refractivity contribution in [3.63, 3.8) is 0 Å². The number of phenols is 1. The number of likely N-dealkylation sites (N-methyl/N-ethyl adjacent to an activating group) is 1. The van der Waals surface area contributed by atoms with Crippen molar-refractivity contribution in [3.05, 3.63) is 79.9 Å². The second kappa shape index (κ2) is 15.0. The van der Waals surface area contributed by atoms with E-state index in [-0.39, 0.29) is 24.5 Å². The van der Waals surface area contributed by atoms with Crippen molar-refractivity contribution in [2.75, 3.05) is 30.8 Å². The van der Waals surface area contributed by atoms with Crippen molar-refractivity contribution in [3.8, 4) is 5.75 Å². The Morgan fingerprint density at radius 3 is 2.30 bits per heavy atom. The van der Waals surface area contributed by atoms with E-state index in [9.17, 15) is 42.8 Å². The molecule has 47 heavy (non-hydrogen) atoms. The molecule has 1 aromatic rings.